The minimum atomic E-state index is -4.61. The molecule has 9 heteroatoms. The summed E-state index contributed by atoms with van der Waals surface area (Å²) in [6, 6.07) is 12.3. The molecule has 0 amide bonds. The third kappa shape index (κ3) is 6.95. The Hall–Kier alpha value is -2.65. The predicted molar refractivity (Wildman–Crippen MR) is 132 cm³/mol. The predicted octanol–water partition coefficient (Wildman–Crippen LogP) is 5.97. The van der Waals surface area contributed by atoms with Crippen molar-refractivity contribution in [1.82, 2.24) is 4.90 Å². The zero-order chi connectivity index (χ0) is 24.8. The first kappa shape index (κ1) is 25.4. The summed E-state index contributed by atoms with van der Waals surface area (Å²) < 4.78 is 45.6. The molecule has 1 aliphatic carbocycles. The van der Waals surface area contributed by atoms with Crippen LogP contribution in [0.25, 0.3) is 0 Å². The van der Waals surface area contributed by atoms with Crippen LogP contribution in [0.1, 0.15) is 36.8 Å². The highest BCUT2D eigenvalue weighted by Crippen LogP contribution is 2.38. The van der Waals surface area contributed by atoms with Crippen molar-refractivity contribution in [2.24, 2.45) is 5.18 Å². The van der Waals surface area contributed by atoms with E-state index in [2.05, 4.69) is 51.5 Å². The van der Waals surface area contributed by atoms with Gasteiger partial charge in [0.05, 0.1) is 18.3 Å². The fraction of sp³-hybridized carbons (Fsp3) is 0.538. The number of ether oxygens (including phenoxy) is 1. The first-order valence-corrected chi connectivity index (χ1v) is 12.3. The van der Waals surface area contributed by atoms with E-state index < -0.39 is 17.4 Å². The van der Waals surface area contributed by atoms with Gasteiger partial charge in [-0.2, -0.15) is 13.2 Å². The zero-order valence-corrected chi connectivity index (χ0v) is 20.1. The fourth-order valence-corrected chi connectivity index (χ4v) is 4.88. The van der Waals surface area contributed by atoms with Gasteiger partial charge in [-0.15, -0.1) is 4.91 Å². The number of alkyl halides is 3. The molecule has 0 aromatic heterocycles. The van der Waals surface area contributed by atoms with Crippen molar-refractivity contribution in [3.8, 4) is 0 Å². The Morgan fingerprint density at radius 3 is 2.31 bits per heavy atom. The van der Waals surface area contributed by atoms with Crippen LogP contribution in [0, 0.1) is 11.8 Å². The number of rotatable bonds is 8. The molecule has 1 saturated carbocycles. The molecule has 0 spiro atoms. The summed E-state index contributed by atoms with van der Waals surface area (Å²) in [5.41, 5.74) is 1.32. The highest BCUT2D eigenvalue weighted by atomic mass is 19.4. The lowest BCUT2D eigenvalue weighted by atomic mass is 9.92. The summed E-state index contributed by atoms with van der Waals surface area (Å²) >= 11 is 0. The number of hydrogen-bond donors (Lipinski definition) is 1. The largest absolute Gasteiger partial charge is 0.418 e. The Morgan fingerprint density at radius 1 is 1.00 bits per heavy atom. The molecule has 4 rings (SSSR count). The van der Waals surface area contributed by atoms with Gasteiger partial charge in [-0.3, -0.25) is 4.90 Å². The minimum absolute atomic E-state index is 0.0841. The Bertz CT molecular complexity index is 968. The molecule has 2 fully saturated rings. The van der Waals surface area contributed by atoms with Crippen LogP contribution in [0.2, 0.25) is 0 Å². The lowest BCUT2D eigenvalue weighted by molar-refractivity contribution is -0.137. The van der Waals surface area contributed by atoms with Crippen molar-refractivity contribution in [3.05, 3.63) is 58.5 Å². The minimum Gasteiger partial charge on any atom is -0.382 e. The Balaban J connectivity index is 1.15. The van der Waals surface area contributed by atoms with Crippen LogP contribution in [0.15, 0.2) is 47.6 Å². The van der Waals surface area contributed by atoms with Crippen molar-refractivity contribution in [2.75, 3.05) is 49.5 Å². The van der Waals surface area contributed by atoms with Crippen LogP contribution in [0.5, 0.6) is 0 Å². The molecule has 6 nitrogen and oxygen atoms in total. The van der Waals surface area contributed by atoms with Gasteiger partial charge in [0.1, 0.15) is 5.69 Å². The maximum Gasteiger partial charge on any atom is 0.418 e. The summed E-state index contributed by atoms with van der Waals surface area (Å²) in [7, 11) is 0. The molecule has 1 heterocycles. The normalized spacial score (nSPS) is 21.7. The Labute approximate surface area is 204 Å². The highest BCUT2D eigenvalue weighted by Gasteiger charge is 2.34. The fourth-order valence-electron chi connectivity index (χ4n) is 4.88. The van der Waals surface area contributed by atoms with Crippen molar-refractivity contribution < 1.29 is 17.9 Å². The molecule has 0 radical (unpaired) electrons. The molecule has 0 bridgehead atoms. The number of hydrogen-bond acceptors (Lipinski definition) is 6. The molecule has 1 aliphatic heterocycles. The third-order valence-corrected chi connectivity index (χ3v) is 6.98. The van der Waals surface area contributed by atoms with Gasteiger partial charge in [0.15, 0.2) is 0 Å². The van der Waals surface area contributed by atoms with Gasteiger partial charge in [0, 0.05) is 50.1 Å². The van der Waals surface area contributed by atoms with E-state index in [9.17, 15) is 18.1 Å². The molecule has 1 N–H and O–H groups in total. The van der Waals surface area contributed by atoms with Crippen LogP contribution in [0.3, 0.4) is 0 Å². The lowest BCUT2D eigenvalue weighted by Gasteiger charge is -2.36. The lowest BCUT2D eigenvalue weighted by Crippen LogP contribution is -2.47. The number of aryl methyl sites for hydroxylation is 1. The van der Waals surface area contributed by atoms with E-state index in [4.69, 9.17) is 4.74 Å². The second-order valence-corrected chi connectivity index (χ2v) is 9.47. The Morgan fingerprint density at radius 2 is 1.69 bits per heavy atom. The molecule has 2 aliphatic rings. The number of nitrogens with zero attached hydrogens (tertiary/aromatic N) is 3. The third-order valence-electron chi connectivity index (χ3n) is 6.98. The van der Waals surface area contributed by atoms with Crippen LogP contribution in [-0.4, -0.2) is 56.4 Å². The molecule has 2 aromatic carbocycles. The number of anilines is 2. The van der Waals surface area contributed by atoms with Crippen LogP contribution >= 0.6 is 0 Å². The monoisotopic (exact) mass is 490 g/mol. The average Bonchev–Trinajstić information content (AvgIpc) is 2.85. The zero-order valence-electron chi connectivity index (χ0n) is 20.1. The number of benzene rings is 2. The van der Waals surface area contributed by atoms with E-state index in [1.807, 2.05) is 0 Å². The van der Waals surface area contributed by atoms with Crippen molar-refractivity contribution >= 4 is 17.1 Å². The second-order valence-electron chi connectivity index (χ2n) is 9.47. The van der Waals surface area contributed by atoms with Gasteiger partial charge in [0.2, 0.25) is 0 Å². The van der Waals surface area contributed by atoms with Gasteiger partial charge >= 0.3 is 6.18 Å². The standard InChI is InChI=1S/C26H33F3N4O2/c1-19-2-7-22(8-3-19)33-14-12-32(13-15-33)16-17-35-23-9-4-20(5-10-23)30-21-6-11-25(31-34)24(18-21)26(27,28)29/h2-3,6-8,11,18,20,23,30H,4-5,9-10,12-17H2,1H3. The smallest absolute Gasteiger partial charge is 0.382 e. The van der Waals surface area contributed by atoms with E-state index in [1.165, 1.54) is 17.3 Å². The van der Waals surface area contributed by atoms with E-state index in [-0.39, 0.29) is 12.1 Å². The van der Waals surface area contributed by atoms with Crippen molar-refractivity contribution in [2.45, 2.75) is 50.9 Å². The summed E-state index contributed by atoms with van der Waals surface area (Å²) in [4.78, 5) is 15.6. The molecule has 1 saturated heterocycles. The number of piperazine rings is 1. The summed E-state index contributed by atoms with van der Waals surface area (Å²) in [6.07, 6.45) is -1.02. The van der Waals surface area contributed by atoms with Crippen LogP contribution in [-0.2, 0) is 10.9 Å². The van der Waals surface area contributed by atoms with Gasteiger partial charge < -0.3 is 15.0 Å². The average molecular weight is 491 g/mol. The van der Waals surface area contributed by atoms with E-state index >= 15 is 0 Å². The van der Waals surface area contributed by atoms with Gasteiger partial charge in [-0.1, -0.05) is 17.7 Å². The van der Waals surface area contributed by atoms with E-state index in [0.717, 1.165) is 70.5 Å². The topological polar surface area (TPSA) is 57.2 Å². The second kappa shape index (κ2) is 11.4. The maximum atomic E-state index is 13.2. The van der Waals surface area contributed by atoms with Gasteiger partial charge in [-0.25, -0.2) is 0 Å². The van der Waals surface area contributed by atoms with E-state index in [1.54, 1.807) is 0 Å². The summed E-state index contributed by atoms with van der Waals surface area (Å²) in [5.74, 6) is 0. The molecular formula is C26H33F3N4O2. The van der Waals surface area contributed by atoms with E-state index in [0.29, 0.717) is 12.3 Å². The molecule has 190 valence electrons. The molecule has 2 aromatic rings. The van der Waals surface area contributed by atoms with Crippen LogP contribution in [0.4, 0.5) is 30.2 Å². The summed E-state index contributed by atoms with van der Waals surface area (Å²) in [6.45, 7) is 7.78. The van der Waals surface area contributed by atoms with Gasteiger partial charge in [-0.05, 0) is 68.1 Å². The molecule has 0 unspecified atom stereocenters. The molecule has 0 atom stereocenters. The summed E-state index contributed by atoms with van der Waals surface area (Å²) in [5, 5.41) is 5.68. The number of nitroso groups, excluding NO2 is 1. The Kier molecular flexibility index (Phi) is 8.28. The van der Waals surface area contributed by atoms with Crippen molar-refractivity contribution in [1.29, 1.82) is 0 Å². The maximum absolute atomic E-state index is 13.2. The quantitative estimate of drug-likeness (QED) is 0.462. The first-order valence-electron chi connectivity index (χ1n) is 12.3. The molecular weight excluding hydrogens is 457 g/mol. The molecule has 35 heavy (non-hydrogen) atoms. The highest BCUT2D eigenvalue weighted by molar-refractivity contribution is 5.58. The van der Waals surface area contributed by atoms with Gasteiger partial charge in [0.25, 0.3) is 0 Å². The van der Waals surface area contributed by atoms with Crippen LogP contribution < -0.4 is 10.2 Å². The first-order chi connectivity index (χ1) is 16.8. The van der Waals surface area contributed by atoms with Crippen molar-refractivity contribution in [3.63, 3.8) is 0 Å². The SMILES string of the molecule is Cc1ccc(N2CCN(CCOC3CCC(Nc4ccc(N=O)c(C(F)(F)F)c4)CC3)CC2)cc1. The number of halogens is 3. The number of nitrogens with one attached hydrogen (secondary N) is 1.